The van der Waals surface area contributed by atoms with E-state index in [0.717, 1.165) is 31.3 Å². The van der Waals surface area contributed by atoms with Gasteiger partial charge in [0.2, 0.25) is 5.91 Å². The number of benzene rings is 1. The van der Waals surface area contributed by atoms with Crippen molar-refractivity contribution < 1.29 is 9.69 Å². The van der Waals surface area contributed by atoms with Crippen molar-refractivity contribution in [2.24, 2.45) is 7.05 Å². The van der Waals surface area contributed by atoms with Crippen LogP contribution in [0.5, 0.6) is 0 Å². The molecule has 0 bridgehead atoms. The third-order valence-corrected chi connectivity index (χ3v) is 5.02. The number of fused-ring (bicyclic) bond motifs is 1. The molecule has 6 nitrogen and oxygen atoms in total. The van der Waals surface area contributed by atoms with Gasteiger partial charge in [0.1, 0.15) is 0 Å². The molecule has 0 spiro atoms. The van der Waals surface area contributed by atoms with Crippen LogP contribution >= 0.6 is 0 Å². The molecule has 25 heavy (non-hydrogen) atoms. The zero-order valence-electron chi connectivity index (χ0n) is 15.0. The molecule has 1 amide bonds. The minimum atomic E-state index is -0.133. The van der Waals surface area contributed by atoms with E-state index in [-0.39, 0.29) is 23.9 Å². The molecule has 3 rings (SSSR count). The van der Waals surface area contributed by atoms with Crippen LogP contribution in [0.3, 0.4) is 0 Å². The van der Waals surface area contributed by atoms with E-state index in [4.69, 9.17) is 0 Å². The topological polar surface area (TPSA) is 68.4 Å². The van der Waals surface area contributed by atoms with Gasteiger partial charge in [0, 0.05) is 31.3 Å². The third kappa shape index (κ3) is 4.07. The number of nitrogens with one attached hydrogen (secondary N) is 2. The molecule has 1 aromatic carbocycles. The van der Waals surface area contributed by atoms with Crippen molar-refractivity contribution >= 4 is 16.7 Å². The molecule has 2 aromatic rings. The lowest BCUT2D eigenvalue weighted by atomic mass is 10.0. The molecule has 0 radical (unpaired) electrons. The maximum atomic E-state index is 12.5. The first-order valence-electron chi connectivity index (χ1n) is 9.16. The van der Waals surface area contributed by atoms with Gasteiger partial charge in [-0.25, -0.2) is 4.68 Å². The lowest BCUT2D eigenvalue weighted by Crippen LogP contribution is -3.13. The Morgan fingerprint density at radius 3 is 2.64 bits per heavy atom. The lowest BCUT2D eigenvalue weighted by molar-refractivity contribution is -0.905. The molecule has 0 aliphatic carbocycles. The average Bonchev–Trinajstić information content (AvgIpc) is 2.61. The minimum absolute atomic E-state index is 0.0137. The Balaban J connectivity index is 1.67. The van der Waals surface area contributed by atoms with Gasteiger partial charge in [-0.1, -0.05) is 25.1 Å². The van der Waals surface area contributed by atoms with Crippen molar-refractivity contribution in [3.05, 3.63) is 40.3 Å². The van der Waals surface area contributed by atoms with Crippen molar-refractivity contribution in [2.75, 3.05) is 19.6 Å². The van der Waals surface area contributed by atoms with E-state index in [0.29, 0.717) is 11.1 Å². The number of nitrogens with zero attached hydrogens (tertiary/aromatic N) is 2. The van der Waals surface area contributed by atoms with Gasteiger partial charge in [0.05, 0.1) is 37.1 Å². The summed E-state index contributed by atoms with van der Waals surface area (Å²) < 4.78 is 1.32. The standard InChI is InChI=1S/C19H26N4O2/c1-3-10-23-11-8-14(9-12-23)20-18(24)13-17-15-6-4-5-7-16(15)19(25)22(2)21-17/h4-7,14H,3,8-13H2,1-2H3,(H,20,24)/p+1. The van der Waals surface area contributed by atoms with Gasteiger partial charge in [-0.3, -0.25) is 9.59 Å². The fraction of sp³-hybridized carbons (Fsp3) is 0.526. The van der Waals surface area contributed by atoms with Crippen molar-refractivity contribution in [3.8, 4) is 0 Å². The molecule has 0 saturated carbocycles. The van der Waals surface area contributed by atoms with E-state index in [1.165, 1.54) is 17.6 Å². The van der Waals surface area contributed by atoms with Crippen molar-refractivity contribution in [1.82, 2.24) is 15.1 Å². The zero-order valence-corrected chi connectivity index (χ0v) is 15.0. The van der Waals surface area contributed by atoms with Crippen LogP contribution in [0.4, 0.5) is 0 Å². The maximum Gasteiger partial charge on any atom is 0.274 e. The van der Waals surface area contributed by atoms with Crippen LogP contribution in [0.25, 0.3) is 10.8 Å². The molecule has 2 N–H and O–H groups in total. The summed E-state index contributed by atoms with van der Waals surface area (Å²) in [6, 6.07) is 7.61. The molecule has 1 aliphatic rings. The van der Waals surface area contributed by atoms with Crippen LogP contribution in [-0.4, -0.2) is 41.4 Å². The third-order valence-electron chi connectivity index (χ3n) is 5.02. The number of carbonyl (C=O) groups excluding carboxylic acids is 1. The summed E-state index contributed by atoms with van der Waals surface area (Å²) in [7, 11) is 1.63. The van der Waals surface area contributed by atoms with E-state index in [2.05, 4.69) is 17.3 Å². The van der Waals surface area contributed by atoms with Crippen molar-refractivity contribution in [2.45, 2.75) is 38.6 Å². The normalized spacial score (nSPS) is 20.6. The highest BCUT2D eigenvalue weighted by Gasteiger charge is 2.23. The largest absolute Gasteiger partial charge is 0.353 e. The monoisotopic (exact) mass is 343 g/mol. The zero-order chi connectivity index (χ0) is 17.8. The first-order chi connectivity index (χ1) is 12.1. The Morgan fingerprint density at radius 2 is 1.96 bits per heavy atom. The molecule has 2 heterocycles. The van der Waals surface area contributed by atoms with E-state index in [1.807, 2.05) is 18.2 Å². The number of piperidine rings is 1. The van der Waals surface area contributed by atoms with Crippen LogP contribution in [0.2, 0.25) is 0 Å². The number of aryl methyl sites for hydroxylation is 1. The first kappa shape index (κ1) is 17.6. The number of quaternary nitrogens is 1. The predicted octanol–water partition coefficient (Wildman–Crippen LogP) is 0.0495. The molecule has 1 aliphatic heterocycles. The van der Waals surface area contributed by atoms with Crippen molar-refractivity contribution in [1.29, 1.82) is 0 Å². The number of carbonyl (C=O) groups is 1. The van der Waals surface area contributed by atoms with Gasteiger partial charge in [-0.05, 0) is 12.5 Å². The van der Waals surface area contributed by atoms with Gasteiger partial charge in [-0.15, -0.1) is 0 Å². The Hall–Kier alpha value is -2.21. The van der Waals surface area contributed by atoms with Crippen LogP contribution in [-0.2, 0) is 18.3 Å². The van der Waals surface area contributed by atoms with E-state index in [9.17, 15) is 9.59 Å². The highest BCUT2D eigenvalue weighted by atomic mass is 16.2. The number of aromatic nitrogens is 2. The summed E-state index contributed by atoms with van der Waals surface area (Å²) in [5.41, 5.74) is 0.523. The SMILES string of the molecule is CCC[NH+]1CCC(NC(=O)Cc2nn(C)c(=O)c3ccccc23)CC1. The van der Waals surface area contributed by atoms with Crippen LogP contribution < -0.4 is 15.8 Å². The number of rotatable bonds is 5. The predicted molar refractivity (Wildman–Crippen MR) is 97.7 cm³/mol. The van der Waals surface area contributed by atoms with Gasteiger partial charge >= 0.3 is 0 Å². The Bertz CT molecular complexity index is 807. The molecule has 1 saturated heterocycles. The summed E-state index contributed by atoms with van der Waals surface area (Å²) >= 11 is 0. The number of amides is 1. The molecule has 0 unspecified atom stereocenters. The second-order valence-electron chi connectivity index (χ2n) is 6.94. The summed E-state index contributed by atoms with van der Waals surface area (Å²) in [6.45, 7) is 5.68. The molecule has 6 heteroatoms. The molecule has 1 aromatic heterocycles. The van der Waals surface area contributed by atoms with Crippen LogP contribution in [0.1, 0.15) is 31.9 Å². The first-order valence-corrected chi connectivity index (χ1v) is 9.16. The highest BCUT2D eigenvalue weighted by molar-refractivity contribution is 5.88. The van der Waals surface area contributed by atoms with Gasteiger partial charge in [0.25, 0.3) is 5.56 Å². The summed E-state index contributed by atoms with van der Waals surface area (Å²) in [5, 5.41) is 8.84. The number of hydrogen-bond donors (Lipinski definition) is 2. The summed E-state index contributed by atoms with van der Waals surface area (Å²) in [6.07, 6.45) is 3.47. The van der Waals surface area contributed by atoms with E-state index >= 15 is 0 Å². The Kier molecular flexibility index (Phi) is 5.48. The fourth-order valence-electron chi connectivity index (χ4n) is 3.71. The number of hydrogen-bond acceptors (Lipinski definition) is 3. The molecular weight excluding hydrogens is 316 g/mol. The molecule has 0 atom stereocenters. The quantitative estimate of drug-likeness (QED) is 0.806. The van der Waals surface area contributed by atoms with Gasteiger partial charge in [-0.2, -0.15) is 5.10 Å². The second-order valence-corrected chi connectivity index (χ2v) is 6.94. The molecule has 134 valence electrons. The lowest BCUT2D eigenvalue weighted by Gasteiger charge is -2.29. The smallest absolute Gasteiger partial charge is 0.274 e. The minimum Gasteiger partial charge on any atom is -0.353 e. The summed E-state index contributed by atoms with van der Waals surface area (Å²) in [5.74, 6) is -0.0137. The summed E-state index contributed by atoms with van der Waals surface area (Å²) in [4.78, 5) is 26.3. The maximum absolute atomic E-state index is 12.5. The van der Waals surface area contributed by atoms with Crippen molar-refractivity contribution in [3.63, 3.8) is 0 Å². The number of likely N-dealkylation sites (tertiary alicyclic amines) is 1. The average molecular weight is 343 g/mol. The van der Waals surface area contributed by atoms with E-state index in [1.54, 1.807) is 18.0 Å². The Labute approximate surface area is 147 Å². The van der Waals surface area contributed by atoms with Gasteiger partial charge < -0.3 is 10.2 Å². The second kappa shape index (κ2) is 7.78. The molecule has 1 fully saturated rings. The van der Waals surface area contributed by atoms with Crippen LogP contribution in [0.15, 0.2) is 29.1 Å². The Morgan fingerprint density at radius 1 is 1.28 bits per heavy atom. The highest BCUT2D eigenvalue weighted by Crippen LogP contribution is 2.13. The molecular formula is C19H27N4O2+. The van der Waals surface area contributed by atoms with Crippen LogP contribution in [0, 0.1) is 0 Å². The fourth-order valence-corrected chi connectivity index (χ4v) is 3.71. The van der Waals surface area contributed by atoms with E-state index < -0.39 is 0 Å². The van der Waals surface area contributed by atoms with Gasteiger partial charge in [0.15, 0.2) is 0 Å².